The van der Waals surface area contributed by atoms with E-state index in [0.717, 1.165) is 20.1 Å². The number of carbonyl (C=O) groups is 1. The summed E-state index contributed by atoms with van der Waals surface area (Å²) < 4.78 is 18.5. The van der Waals surface area contributed by atoms with Crippen molar-refractivity contribution in [1.82, 2.24) is 5.43 Å². The van der Waals surface area contributed by atoms with Gasteiger partial charge in [0, 0.05) is 16.1 Å². The summed E-state index contributed by atoms with van der Waals surface area (Å²) in [6.07, 6.45) is 1.54. The Bertz CT molecular complexity index is 1160. The zero-order valence-corrected chi connectivity index (χ0v) is 22.5. The molecule has 0 saturated carbocycles. The largest absolute Gasteiger partial charge is 0.490 e. The molecule has 6 nitrogen and oxygen atoms in total. The normalized spacial score (nSPS) is 10.9. The van der Waals surface area contributed by atoms with Crippen LogP contribution in [0, 0.1) is 0 Å². The van der Waals surface area contributed by atoms with Crippen LogP contribution >= 0.6 is 43.5 Å². The van der Waals surface area contributed by atoms with Gasteiger partial charge in [0.1, 0.15) is 12.4 Å². The molecule has 0 unspecified atom stereocenters. The third-order valence-electron chi connectivity index (χ3n) is 4.54. The molecule has 178 valence electrons. The third kappa shape index (κ3) is 6.98. The van der Waals surface area contributed by atoms with E-state index in [4.69, 9.17) is 25.8 Å². The van der Waals surface area contributed by atoms with Gasteiger partial charge in [0.15, 0.2) is 11.5 Å². The first-order chi connectivity index (χ1) is 16.4. The second-order valence-corrected chi connectivity index (χ2v) is 9.04. The number of benzene rings is 3. The molecule has 1 amide bonds. The number of rotatable bonds is 10. The summed E-state index contributed by atoms with van der Waals surface area (Å²) in [5, 5.41) is 4.72. The fourth-order valence-corrected chi connectivity index (χ4v) is 4.62. The van der Waals surface area contributed by atoms with Gasteiger partial charge >= 0.3 is 0 Å². The van der Waals surface area contributed by atoms with Gasteiger partial charge in [-0.3, -0.25) is 4.79 Å². The SMILES string of the molecule is CCOc1ccc(C(=O)N/N=C/c2cc(Br)c(OCc3ccccc3Cl)c(Br)c2)cc1OCC. The number of hydrogen-bond donors (Lipinski definition) is 1. The van der Waals surface area contributed by atoms with Gasteiger partial charge in [-0.25, -0.2) is 5.43 Å². The topological polar surface area (TPSA) is 69.2 Å². The number of amides is 1. The van der Waals surface area contributed by atoms with Gasteiger partial charge in [-0.15, -0.1) is 0 Å². The van der Waals surface area contributed by atoms with Crippen LogP contribution < -0.4 is 19.6 Å². The average molecular weight is 611 g/mol. The summed E-state index contributed by atoms with van der Waals surface area (Å²) in [7, 11) is 0. The molecule has 3 aromatic rings. The highest BCUT2D eigenvalue weighted by molar-refractivity contribution is 9.11. The summed E-state index contributed by atoms with van der Waals surface area (Å²) >= 11 is 13.3. The molecule has 0 heterocycles. The van der Waals surface area contributed by atoms with E-state index in [9.17, 15) is 4.79 Å². The van der Waals surface area contributed by atoms with E-state index >= 15 is 0 Å². The van der Waals surface area contributed by atoms with E-state index in [-0.39, 0.29) is 5.91 Å². The van der Waals surface area contributed by atoms with Crippen LogP contribution in [0.15, 0.2) is 68.6 Å². The monoisotopic (exact) mass is 608 g/mol. The van der Waals surface area contributed by atoms with Gasteiger partial charge in [0.2, 0.25) is 0 Å². The Hall–Kier alpha value is -2.55. The summed E-state index contributed by atoms with van der Waals surface area (Å²) in [5.41, 5.74) is 4.59. The smallest absolute Gasteiger partial charge is 0.271 e. The van der Waals surface area contributed by atoms with Crippen molar-refractivity contribution in [3.05, 3.63) is 85.3 Å². The predicted octanol–water partition coefficient (Wildman–Crippen LogP) is 7.01. The summed E-state index contributed by atoms with van der Waals surface area (Å²) in [6, 6.07) is 16.2. The van der Waals surface area contributed by atoms with Crippen LogP contribution in [0.4, 0.5) is 0 Å². The van der Waals surface area contributed by atoms with Crippen molar-refractivity contribution < 1.29 is 19.0 Å². The Kier molecular flexibility index (Phi) is 9.80. The number of hydrazone groups is 1. The average Bonchev–Trinajstić information content (AvgIpc) is 2.81. The second kappa shape index (κ2) is 12.8. The van der Waals surface area contributed by atoms with Gasteiger partial charge in [-0.05, 0) is 87.7 Å². The minimum absolute atomic E-state index is 0.326. The van der Waals surface area contributed by atoms with Gasteiger partial charge in [-0.2, -0.15) is 5.10 Å². The molecule has 0 bridgehead atoms. The van der Waals surface area contributed by atoms with Crippen LogP contribution in [0.1, 0.15) is 35.3 Å². The molecule has 1 N–H and O–H groups in total. The quantitative estimate of drug-likeness (QED) is 0.198. The zero-order chi connectivity index (χ0) is 24.5. The van der Waals surface area contributed by atoms with Crippen LogP contribution in [0.5, 0.6) is 17.2 Å². The van der Waals surface area contributed by atoms with Crippen molar-refractivity contribution in [2.24, 2.45) is 5.10 Å². The number of ether oxygens (including phenoxy) is 3. The fourth-order valence-electron chi connectivity index (χ4n) is 2.98. The molecule has 3 rings (SSSR count). The number of carbonyl (C=O) groups excluding carboxylic acids is 1. The maximum absolute atomic E-state index is 12.5. The summed E-state index contributed by atoms with van der Waals surface area (Å²) in [4.78, 5) is 12.5. The summed E-state index contributed by atoms with van der Waals surface area (Å²) in [6.45, 7) is 5.05. The highest BCUT2D eigenvalue weighted by Gasteiger charge is 2.12. The first-order valence-electron chi connectivity index (χ1n) is 10.5. The standard InChI is InChI=1S/C25H23Br2ClN2O4/c1-3-32-22-10-9-17(13-23(22)33-4-2)25(31)30-29-14-16-11-19(26)24(20(27)12-16)34-15-18-7-5-6-8-21(18)28/h5-14H,3-4,15H2,1-2H3,(H,30,31)/b29-14+. The van der Waals surface area contributed by atoms with Crippen LogP contribution in [0.25, 0.3) is 0 Å². The zero-order valence-electron chi connectivity index (χ0n) is 18.6. The van der Waals surface area contributed by atoms with Crippen LogP contribution in [0.2, 0.25) is 5.02 Å². The lowest BCUT2D eigenvalue weighted by Crippen LogP contribution is -2.17. The highest BCUT2D eigenvalue weighted by atomic mass is 79.9. The predicted molar refractivity (Wildman–Crippen MR) is 141 cm³/mol. The molecule has 0 aliphatic carbocycles. The molecule has 0 radical (unpaired) electrons. The third-order valence-corrected chi connectivity index (χ3v) is 6.08. The molecule has 3 aromatic carbocycles. The molecule has 0 spiro atoms. The Morgan fingerprint density at radius 1 is 0.971 bits per heavy atom. The van der Waals surface area contributed by atoms with Crippen molar-refractivity contribution in [3.8, 4) is 17.2 Å². The molecular weight excluding hydrogens is 588 g/mol. The van der Waals surface area contributed by atoms with Crippen LogP contribution in [-0.2, 0) is 6.61 Å². The molecule has 0 saturated heterocycles. The molecule has 0 atom stereocenters. The van der Waals surface area contributed by atoms with E-state index < -0.39 is 0 Å². The van der Waals surface area contributed by atoms with Gasteiger partial charge in [-0.1, -0.05) is 29.8 Å². The minimum atomic E-state index is -0.363. The number of halogens is 3. The lowest BCUT2D eigenvalue weighted by molar-refractivity contribution is 0.0954. The molecule has 34 heavy (non-hydrogen) atoms. The number of nitrogens with zero attached hydrogens (tertiary/aromatic N) is 1. The van der Waals surface area contributed by atoms with Gasteiger partial charge in [0.05, 0.1) is 28.4 Å². The fraction of sp³-hybridized carbons (Fsp3) is 0.200. The Labute approximate surface area is 220 Å². The minimum Gasteiger partial charge on any atom is -0.490 e. The van der Waals surface area contributed by atoms with Crippen LogP contribution in [-0.4, -0.2) is 25.3 Å². The van der Waals surface area contributed by atoms with Crippen molar-refractivity contribution >= 4 is 55.6 Å². The number of nitrogens with one attached hydrogen (secondary N) is 1. The summed E-state index contributed by atoms with van der Waals surface area (Å²) in [5.74, 6) is 1.38. The first kappa shape index (κ1) is 26.1. The van der Waals surface area contributed by atoms with Gasteiger partial charge in [0.25, 0.3) is 5.91 Å². The van der Waals surface area contributed by atoms with E-state index in [1.165, 1.54) is 0 Å². The van der Waals surface area contributed by atoms with Crippen molar-refractivity contribution in [2.75, 3.05) is 13.2 Å². The maximum atomic E-state index is 12.5. The van der Waals surface area contributed by atoms with E-state index in [2.05, 4.69) is 42.4 Å². The van der Waals surface area contributed by atoms with E-state index in [1.54, 1.807) is 24.4 Å². The Morgan fingerprint density at radius 2 is 1.65 bits per heavy atom. The molecule has 0 fully saturated rings. The first-order valence-corrected chi connectivity index (χ1v) is 12.5. The lowest BCUT2D eigenvalue weighted by Gasteiger charge is -2.12. The molecule has 0 aliphatic rings. The van der Waals surface area contributed by atoms with Crippen molar-refractivity contribution in [1.29, 1.82) is 0 Å². The van der Waals surface area contributed by atoms with Gasteiger partial charge < -0.3 is 14.2 Å². The molecule has 9 heteroatoms. The Morgan fingerprint density at radius 3 is 2.32 bits per heavy atom. The molecule has 0 aliphatic heterocycles. The van der Waals surface area contributed by atoms with Crippen molar-refractivity contribution in [2.45, 2.75) is 20.5 Å². The maximum Gasteiger partial charge on any atom is 0.271 e. The number of hydrogen-bond acceptors (Lipinski definition) is 5. The van der Waals surface area contributed by atoms with E-state index in [0.29, 0.717) is 47.7 Å². The van der Waals surface area contributed by atoms with Crippen LogP contribution in [0.3, 0.4) is 0 Å². The lowest BCUT2D eigenvalue weighted by atomic mass is 10.2. The highest BCUT2D eigenvalue weighted by Crippen LogP contribution is 2.35. The Balaban J connectivity index is 1.66. The van der Waals surface area contributed by atoms with E-state index in [1.807, 2.05) is 50.2 Å². The van der Waals surface area contributed by atoms with Crippen molar-refractivity contribution in [3.63, 3.8) is 0 Å². The molecular formula is C25H23Br2ClN2O4. The molecule has 0 aromatic heterocycles. The second-order valence-electron chi connectivity index (χ2n) is 6.92.